The number of rotatable bonds is 1. The number of hydrogen-bond acceptors (Lipinski definition) is 2. The molecule has 0 amide bonds. The van der Waals surface area contributed by atoms with Crippen molar-refractivity contribution in [2.45, 2.75) is 44.9 Å². The third kappa shape index (κ3) is 2.19. The smallest absolute Gasteiger partial charge is 0.144 e. The number of quaternary nitrogens is 1. The van der Waals surface area contributed by atoms with Gasteiger partial charge < -0.3 is 4.74 Å². The Bertz CT molecular complexity index is 153. The molecule has 3 unspecified atom stereocenters. The zero-order valence-electron chi connectivity index (χ0n) is 8.45. The highest BCUT2D eigenvalue weighted by Gasteiger charge is 2.37. The van der Waals surface area contributed by atoms with Crippen molar-refractivity contribution in [3.05, 3.63) is 0 Å². The van der Waals surface area contributed by atoms with Crippen LogP contribution in [0.25, 0.3) is 0 Å². The summed E-state index contributed by atoms with van der Waals surface area (Å²) >= 11 is 0. The summed E-state index contributed by atoms with van der Waals surface area (Å²) in [7, 11) is 3.61. The van der Waals surface area contributed by atoms with Crippen LogP contribution in [0.4, 0.5) is 0 Å². The van der Waals surface area contributed by atoms with Gasteiger partial charge in [0, 0.05) is 6.42 Å². The van der Waals surface area contributed by atoms with Crippen LogP contribution in [0.5, 0.6) is 0 Å². The van der Waals surface area contributed by atoms with Gasteiger partial charge in [-0.15, -0.1) is 0 Å². The van der Waals surface area contributed by atoms with E-state index in [-0.39, 0.29) is 16.8 Å². The van der Waals surface area contributed by atoms with E-state index in [9.17, 15) is 5.21 Å². The fourth-order valence-electron chi connectivity index (χ4n) is 2.00. The van der Waals surface area contributed by atoms with E-state index in [4.69, 9.17) is 4.74 Å². The van der Waals surface area contributed by atoms with Gasteiger partial charge in [0.1, 0.15) is 12.1 Å². The molecule has 1 rings (SSSR count). The van der Waals surface area contributed by atoms with Crippen LogP contribution < -0.4 is 0 Å². The molecule has 12 heavy (non-hydrogen) atoms. The summed E-state index contributed by atoms with van der Waals surface area (Å²) < 4.78 is 5.67. The standard InChI is InChI=1S/C9H20NO2/c1-7-5-6-9(8(2)12-7)10(3,4)11/h7-9,11H,5-6H2,1-4H3/q+1. The van der Waals surface area contributed by atoms with E-state index in [0.717, 1.165) is 12.8 Å². The molecule has 1 N–H and O–H groups in total. The normalized spacial score (nSPS) is 38.2. The lowest BCUT2D eigenvalue weighted by molar-refractivity contribution is -1.09. The summed E-state index contributed by atoms with van der Waals surface area (Å²) in [4.78, 5) is 0. The average Bonchev–Trinajstić information content (AvgIpc) is 1.83. The molecular weight excluding hydrogens is 154 g/mol. The molecule has 0 bridgehead atoms. The largest absolute Gasteiger partial charge is 0.369 e. The summed E-state index contributed by atoms with van der Waals surface area (Å²) in [6.45, 7) is 4.13. The van der Waals surface area contributed by atoms with E-state index in [1.807, 2.05) is 6.92 Å². The number of nitrogens with zero attached hydrogens (tertiary/aromatic N) is 1. The summed E-state index contributed by atoms with van der Waals surface area (Å²) in [5.41, 5.74) is 0. The van der Waals surface area contributed by atoms with Crippen molar-refractivity contribution in [3.63, 3.8) is 0 Å². The molecule has 72 valence electrons. The molecular formula is C9H20NO2+. The van der Waals surface area contributed by atoms with Crippen molar-refractivity contribution in [2.24, 2.45) is 0 Å². The molecule has 1 fully saturated rings. The second-order valence-electron chi connectivity index (χ2n) is 4.28. The van der Waals surface area contributed by atoms with Gasteiger partial charge in [0.15, 0.2) is 0 Å². The van der Waals surface area contributed by atoms with E-state index in [1.165, 1.54) is 0 Å². The molecule has 0 aromatic rings. The van der Waals surface area contributed by atoms with Gasteiger partial charge in [0.25, 0.3) is 0 Å². The fourth-order valence-corrected chi connectivity index (χ4v) is 2.00. The highest BCUT2D eigenvalue weighted by Crippen LogP contribution is 2.24. The van der Waals surface area contributed by atoms with Crippen LogP contribution in [0.3, 0.4) is 0 Å². The van der Waals surface area contributed by atoms with Gasteiger partial charge in [0.05, 0.1) is 20.2 Å². The van der Waals surface area contributed by atoms with E-state index in [2.05, 4.69) is 6.92 Å². The highest BCUT2D eigenvalue weighted by atomic mass is 16.6. The van der Waals surface area contributed by atoms with Gasteiger partial charge in [-0.3, -0.25) is 0 Å². The summed E-state index contributed by atoms with van der Waals surface area (Å²) in [6, 6.07) is 0.223. The Balaban J connectivity index is 2.57. The zero-order chi connectivity index (χ0) is 9.35. The Morgan fingerprint density at radius 3 is 2.25 bits per heavy atom. The molecule has 0 aromatic carbocycles. The topological polar surface area (TPSA) is 29.5 Å². The van der Waals surface area contributed by atoms with Gasteiger partial charge in [-0.1, -0.05) is 0 Å². The SMILES string of the molecule is CC1CCC([N+](C)(C)O)C(C)O1. The molecule has 0 aromatic heterocycles. The van der Waals surface area contributed by atoms with Gasteiger partial charge in [0.2, 0.25) is 0 Å². The van der Waals surface area contributed by atoms with Gasteiger partial charge >= 0.3 is 0 Å². The second-order valence-corrected chi connectivity index (χ2v) is 4.28. The minimum Gasteiger partial charge on any atom is -0.369 e. The first-order chi connectivity index (χ1) is 5.41. The predicted molar refractivity (Wildman–Crippen MR) is 46.9 cm³/mol. The van der Waals surface area contributed by atoms with Gasteiger partial charge in [-0.05, 0) is 20.3 Å². The van der Waals surface area contributed by atoms with Crippen LogP contribution in [0.2, 0.25) is 0 Å². The van der Waals surface area contributed by atoms with Crippen molar-refractivity contribution in [1.29, 1.82) is 0 Å². The molecule has 3 nitrogen and oxygen atoms in total. The monoisotopic (exact) mass is 174 g/mol. The molecule has 1 aliphatic rings. The Morgan fingerprint density at radius 1 is 1.25 bits per heavy atom. The Kier molecular flexibility index (Phi) is 2.76. The Morgan fingerprint density at radius 2 is 1.83 bits per heavy atom. The number of ether oxygens (including phenoxy) is 1. The summed E-state index contributed by atoms with van der Waals surface area (Å²) in [6.07, 6.45) is 2.61. The molecule has 0 aliphatic carbocycles. The molecule has 1 heterocycles. The van der Waals surface area contributed by atoms with Gasteiger partial charge in [-0.25, -0.2) is 5.21 Å². The van der Waals surface area contributed by atoms with Crippen LogP contribution in [0, 0.1) is 0 Å². The van der Waals surface area contributed by atoms with E-state index in [1.54, 1.807) is 14.1 Å². The van der Waals surface area contributed by atoms with Crippen molar-refractivity contribution in [1.82, 2.24) is 0 Å². The molecule has 1 aliphatic heterocycles. The third-order valence-corrected chi connectivity index (χ3v) is 2.67. The highest BCUT2D eigenvalue weighted by molar-refractivity contribution is 4.73. The number of likely N-dealkylation sites (N-methyl/N-ethyl adjacent to an activating group) is 1. The molecule has 0 radical (unpaired) electrons. The van der Waals surface area contributed by atoms with Crippen LogP contribution in [-0.4, -0.2) is 42.2 Å². The van der Waals surface area contributed by atoms with Crippen molar-refractivity contribution in [2.75, 3.05) is 14.1 Å². The lowest BCUT2D eigenvalue weighted by atomic mass is 9.99. The fraction of sp³-hybridized carbons (Fsp3) is 1.00. The Hall–Kier alpha value is -0.120. The second kappa shape index (κ2) is 3.32. The minimum absolute atomic E-state index is 0.0217. The Labute approximate surface area is 74.5 Å². The van der Waals surface area contributed by atoms with Crippen LogP contribution >= 0.6 is 0 Å². The number of hydrogen-bond donors (Lipinski definition) is 1. The molecule has 1 saturated heterocycles. The maximum Gasteiger partial charge on any atom is 0.144 e. The first-order valence-electron chi connectivity index (χ1n) is 4.63. The van der Waals surface area contributed by atoms with Gasteiger partial charge in [-0.2, -0.15) is 4.65 Å². The molecule has 0 spiro atoms. The number of hydroxylamine groups is 3. The van der Waals surface area contributed by atoms with Crippen molar-refractivity contribution < 1.29 is 14.6 Å². The van der Waals surface area contributed by atoms with Crippen LogP contribution in [-0.2, 0) is 4.74 Å². The molecule has 0 saturated carbocycles. The van der Waals surface area contributed by atoms with Crippen molar-refractivity contribution in [3.8, 4) is 0 Å². The predicted octanol–water partition coefficient (Wildman–Crippen LogP) is 1.41. The quantitative estimate of drug-likeness (QED) is 0.481. The summed E-state index contributed by atoms with van der Waals surface area (Å²) in [5.74, 6) is 0. The van der Waals surface area contributed by atoms with E-state index in [0.29, 0.717) is 6.10 Å². The summed E-state index contributed by atoms with van der Waals surface area (Å²) in [5, 5.41) is 9.76. The van der Waals surface area contributed by atoms with Crippen LogP contribution in [0.15, 0.2) is 0 Å². The maximum atomic E-state index is 9.76. The van der Waals surface area contributed by atoms with Crippen LogP contribution in [0.1, 0.15) is 26.7 Å². The lowest BCUT2D eigenvalue weighted by Crippen LogP contribution is -2.54. The average molecular weight is 174 g/mol. The van der Waals surface area contributed by atoms with E-state index >= 15 is 0 Å². The van der Waals surface area contributed by atoms with E-state index < -0.39 is 0 Å². The van der Waals surface area contributed by atoms with Crippen molar-refractivity contribution >= 4 is 0 Å². The lowest BCUT2D eigenvalue weighted by Gasteiger charge is -2.39. The molecule has 3 heteroatoms. The zero-order valence-corrected chi connectivity index (χ0v) is 8.45. The third-order valence-electron chi connectivity index (χ3n) is 2.67. The molecule has 3 atom stereocenters. The minimum atomic E-state index is 0.0217. The first-order valence-corrected chi connectivity index (χ1v) is 4.63. The maximum absolute atomic E-state index is 9.76. The first kappa shape index (κ1) is 9.96.